The van der Waals surface area contributed by atoms with E-state index in [1.807, 2.05) is 13.8 Å². The van der Waals surface area contributed by atoms with Crippen LogP contribution in [-0.2, 0) is 28.5 Å². The van der Waals surface area contributed by atoms with Gasteiger partial charge in [0, 0.05) is 20.2 Å². The maximum atomic E-state index is 13.1. The maximum Gasteiger partial charge on any atom is 0.407 e. The lowest BCUT2D eigenvalue weighted by molar-refractivity contribution is -0.119. The fourth-order valence-corrected chi connectivity index (χ4v) is 6.31. The summed E-state index contributed by atoms with van der Waals surface area (Å²) >= 11 is 3.80. The Morgan fingerprint density at radius 1 is 1.07 bits per heavy atom. The second kappa shape index (κ2) is 17.0. The molecule has 0 aromatic rings. The van der Waals surface area contributed by atoms with Gasteiger partial charge in [-0.3, -0.25) is 9.52 Å². The summed E-state index contributed by atoms with van der Waals surface area (Å²) in [5.41, 5.74) is 0.541. The number of allylic oxidation sites excluding steroid dienone is 1. The van der Waals surface area contributed by atoms with Gasteiger partial charge in [0.25, 0.3) is 0 Å². The molecule has 0 aromatic carbocycles. The highest BCUT2D eigenvalue weighted by Gasteiger charge is 2.72. The predicted molar refractivity (Wildman–Crippen MR) is 169 cm³/mol. The van der Waals surface area contributed by atoms with Crippen molar-refractivity contribution >= 4 is 30.9 Å². The van der Waals surface area contributed by atoms with E-state index in [0.717, 1.165) is 38.5 Å². The van der Waals surface area contributed by atoms with Crippen LogP contribution in [0.3, 0.4) is 0 Å². The SMILES string of the molecule is COC1C(OC(=O)N[C@@H](COC(=O)NCCCCCCNC(=O)CNS)C(C)C)CCC2(CO2)C1C1(C)O[C@@H]1CC=C(C)C. The van der Waals surface area contributed by atoms with Crippen molar-refractivity contribution in [2.75, 3.05) is 40.0 Å². The van der Waals surface area contributed by atoms with Gasteiger partial charge in [0.15, 0.2) is 0 Å². The summed E-state index contributed by atoms with van der Waals surface area (Å²) in [4.78, 5) is 36.7. The number of unbranched alkanes of at least 4 members (excludes halogenated alkanes) is 3. The molecule has 5 unspecified atom stereocenters. The van der Waals surface area contributed by atoms with Crippen molar-refractivity contribution in [2.45, 2.75) is 115 Å². The molecule has 3 aliphatic rings. The van der Waals surface area contributed by atoms with Crippen LogP contribution in [0.2, 0.25) is 0 Å². The van der Waals surface area contributed by atoms with Crippen molar-refractivity contribution < 1.29 is 38.1 Å². The standard InChI is InChI=1S/C31H54N4O8S/c1-20(2)11-12-24-30(5,43-24)27-26(39-6)23(13-14-31(27)19-41-31)42-29(38)35-22(21(3)4)18-40-28(37)33-16-10-8-7-9-15-32-25(36)17-34-44/h11,21-24,26-27,34,44H,7-10,12-19H2,1-6H3,(H,32,36)(H,33,37)(H,35,38)/t22-,23?,24+,26?,27?,30?,31?/m0/s1. The lowest BCUT2D eigenvalue weighted by atomic mass is 9.68. The molecule has 3 fully saturated rings. The average Bonchev–Trinajstić information content (AvgIpc) is 3.88. The van der Waals surface area contributed by atoms with E-state index in [1.165, 1.54) is 5.57 Å². The van der Waals surface area contributed by atoms with Crippen LogP contribution in [0.4, 0.5) is 9.59 Å². The molecule has 0 radical (unpaired) electrons. The van der Waals surface area contributed by atoms with Gasteiger partial charge in [-0.25, -0.2) is 9.59 Å². The minimum atomic E-state index is -0.563. The third-order valence-electron chi connectivity index (χ3n) is 8.93. The molecule has 12 nitrogen and oxygen atoms in total. The van der Waals surface area contributed by atoms with Crippen LogP contribution in [0.25, 0.3) is 0 Å². The van der Waals surface area contributed by atoms with Crippen molar-refractivity contribution in [1.82, 2.24) is 20.7 Å². The number of rotatable bonds is 18. The van der Waals surface area contributed by atoms with E-state index in [1.54, 1.807) is 7.11 Å². The summed E-state index contributed by atoms with van der Waals surface area (Å²) in [5, 5.41) is 8.45. The number of methoxy groups -OCH3 is 1. The van der Waals surface area contributed by atoms with E-state index in [0.29, 0.717) is 26.1 Å². The van der Waals surface area contributed by atoms with Gasteiger partial charge in [-0.15, -0.1) is 0 Å². The zero-order chi connectivity index (χ0) is 32.3. The van der Waals surface area contributed by atoms with Crippen LogP contribution in [-0.4, -0.2) is 93.6 Å². The van der Waals surface area contributed by atoms with Crippen LogP contribution in [0, 0.1) is 11.8 Å². The number of hydrogen-bond acceptors (Lipinski definition) is 10. The van der Waals surface area contributed by atoms with Crippen molar-refractivity contribution in [3.8, 4) is 0 Å². The molecule has 252 valence electrons. The van der Waals surface area contributed by atoms with E-state index in [9.17, 15) is 14.4 Å². The first-order chi connectivity index (χ1) is 21.0. The van der Waals surface area contributed by atoms with Crippen LogP contribution >= 0.6 is 12.8 Å². The van der Waals surface area contributed by atoms with Gasteiger partial charge >= 0.3 is 12.2 Å². The molecule has 0 bridgehead atoms. The Balaban J connectivity index is 1.40. The van der Waals surface area contributed by atoms with E-state index in [2.05, 4.69) is 60.3 Å². The summed E-state index contributed by atoms with van der Waals surface area (Å²) < 4.78 is 32.1. The van der Waals surface area contributed by atoms with Gasteiger partial charge in [0.05, 0.1) is 31.2 Å². The van der Waals surface area contributed by atoms with Crippen LogP contribution in [0.1, 0.15) is 79.6 Å². The Labute approximate surface area is 268 Å². The molecule has 13 heteroatoms. The van der Waals surface area contributed by atoms with E-state index in [4.69, 9.17) is 23.7 Å². The second-order valence-electron chi connectivity index (χ2n) is 12.9. The van der Waals surface area contributed by atoms with Crippen LogP contribution in [0.5, 0.6) is 0 Å². The molecule has 3 amide bonds. The largest absolute Gasteiger partial charge is 0.447 e. The molecule has 4 N–H and O–H groups in total. The van der Waals surface area contributed by atoms with Crippen molar-refractivity contribution in [2.24, 2.45) is 11.8 Å². The van der Waals surface area contributed by atoms with Crippen molar-refractivity contribution in [1.29, 1.82) is 0 Å². The van der Waals surface area contributed by atoms with Gasteiger partial charge in [0.2, 0.25) is 5.91 Å². The monoisotopic (exact) mass is 642 g/mol. The number of amides is 3. The highest BCUT2D eigenvalue weighted by atomic mass is 32.1. The quantitative estimate of drug-likeness (QED) is 0.0653. The number of hydrogen-bond donors (Lipinski definition) is 5. The topological polar surface area (TPSA) is 152 Å². The number of alkyl carbamates (subject to hydrolysis) is 2. The fourth-order valence-electron chi connectivity index (χ4n) is 6.17. The van der Waals surface area contributed by atoms with Gasteiger partial charge in [-0.1, -0.05) is 51.2 Å². The summed E-state index contributed by atoms with van der Waals surface area (Å²) in [5.74, 6) is -0.136. The Morgan fingerprint density at radius 2 is 1.75 bits per heavy atom. The lowest BCUT2D eigenvalue weighted by Crippen LogP contribution is -2.56. The minimum Gasteiger partial charge on any atom is -0.447 e. The molecule has 1 spiro atoms. The van der Waals surface area contributed by atoms with Crippen LogP contribution < -0.4 is 20.7 Å². The normalized spacial score (nSPS) is 29.5. The van der Waals surface area contributed by atoms with Gasteiger partial charge in [-0.2, -0.15) is 0 Å². The molecule has 7 atom stereocenters. The smallest absolute Gasteiger partial charge is 0.407 e. The molecular formula is C31H54N4O8S. The first kappa shape index (κ1) is 36.4. The summed E-state index contributed by atoms with van der Waals surface area (Å²) in [6, 6.07) is -0.419. The lowest BCUT2D eigenvalue weighted by Gasteiger charge is -2.42. The van der Waals surface area contributed by atoms with Crippen molar-refractivity contribution in [3.63, 3.8) is 0 Å². The molecule has 2 saturated heterocycles. The first-order valence-electron chi connectivity index (χ1n) is 15.9. The maximum absolute atomic E-state index is 13.1. The Bertz CT molecular complexity index is 990. The number of epoxide rings is 2. The molecule has 3 rings (SSSR count). The Morgan fingerprint density at radius 3 is 2.34 bits per heavy atom. The van der Waals surface area contributed by atoms with Gasteiger partial charge in [-0.05, 0) is 58.8 Å². The van der Waals surface area contributed by atoms with Crippen molar-refractivity contribution in [3.05, 3.63) is 11.6 Å². The highest BCUT2D eigenvalue weighted by molar-refractivity contribution is 7.78. The average molecular weight is 643 g/mol. The third kappa shape index (κ3) is 10.5. The van der Waals surface area contributed by atoms with Crippen LogP contribution in [0.15, 0.2) is 11.6 Å². The van der Waals surface area contributed by atoms with E-state index in [-0.39, 0.29) is 48.7 Å². The summed E-state index contributed by atoms with van der Waals surface area (Å²) in [6.07, 6.45) is 6.10. The fraction of sp³-hybridized carbons (Fsp3) is 0.839. The van der Waals surface area contributed by atoms with Gasteiger partial charge < -0.3 is 39.6 Å². The highest BCUT2D eigenvalue weighted by Crippen LogP contribution is 2.59. The number of ether oxygens (including phenoxy) is 5. The summed E-state index contributed by atoms with van der Waals surface area (Å²) in [7, 11) is 1.65. The third-order valence-corrected chi connectivity index (χ3v) is 9.09. The zero-order valence-corrected chi connectivity index (χ0v) is 28.1. The molecule has 44 heavy (non-hydrogen) atoms. The predicted octanol–water partition coefficient (Wildman–Crippen LogP) is 3.65. The number of carbonyl (C=O) groups excluding carboxylic acids is 3. The number of thiol groups is 1. The molecular weight excluding hydrogens is 588 g/mol. The van der Waals surface area contributed by atoms with E-state index >= 15 is 0 Å². The Kier molecular flexibility index (Phi) is 14.1. The zero-order valence-electron chi connectivity index (χ0n) is 27.2. The molecule has 1 saturated carbocycles. The first-order valence-corrected chi connectivity index (χ1v) is 16.4. The van der Waals surface area contributed by atoms with Gasteiger partial charge in [0.1, 0.15) is 30.0 Å². The second-order valence-corrected chi connectivity index (χ2v) is 13.3. The molecule has 0 aromatic heterocycles. The molecule has 1 aliphatic carbocycles. The number of carbonyl (C=O) groups is 3. The minimum absolute atomic E-state index is 0.00875. The van der Waals surface area contributed by atoms with E-state index < -0.39 is 29.9 Å². The molecule has 2 heterocycles. The summed E-state index contributed by atoms with van der Waals surface area (Å²) in [6.45, 7) is 12.1. The Hall–Kier alpha value is -2.06. The number of nitrogens with one attached hydrogen (secondary N) is 4. The molecule has 2 aliphatic heterocycles.